The maximum absolute atomic E-state index is 5.39. The van der Waals surface area contributed by atoms with Crippen LogP contribution in [0.1, 0.15) is 12.5 Å². The fourth-order valence-corrected chi connectivity index (χ4v) is 1.89. The van der Waals surface area contributed by atoms with Gasteiger partial charge in [0.05, 0.1) is 12.8 Å². The van der Waals surface area contributed by atoms with Gasteiger partial charge in [-0.3, -0.25) is 0 Å². The highest BCUT2D eigenvalue weighted by molar-refractivity contribution is 5.69. The van der Waals surface area contributed by atoms with Gasteiger partial charge in [0.2, 0.25) is 0 Å². The minimum Gasteiger partial charge on any atom is -0.496 e. The molecule has 0 aliphatic carbocycles. The highest BCUT2D eigenvalue weighted by Gasteiger charge is 2.07. The summed E-state index contributed by atoms with van der Waals surface area (Å²) in [6, 6.07) is 12.1. The number of nitrogens with zero attached hydrogens (tertiary/aromatic N) is 1. The molecule has 2 rings (SSSR count). The Kier molecular flexibility index (Phi) is 3.82. The van der Waals surface area contributed by atoms with Crippen LogP contribution in [-0.4, -0.2) is 18.6 Å². The lowest BCUT2D eigenvalue weighted by atomic mass is 10.1. The third-order valence-electron chi connectivity index (χ3n) is 2.74. The average molecular weight is 242 g/mol. The van der Waals surface area contributed by atoms with Gasteiger partial charge in [-0.25, -0.2) is 4.98 Å². The summed E-state index contributed by atoms with van der Waals surface area (Å²) in [7, 11) is 1.68. The number of ether oxygens (including phenoxy) is 1. The van der Waals surface area contributed by atoms with Gasteiger partial charge >= 0.3 is 0 Å². The molecule has 1 aromatic heterocycles. The van der Waals surface area contributed by atoms with Gasteiger partial charge in [0, 0.05) is 12.1 Å². The number of pyridine rings is 1. The van der Waals surface area contributed by atoms with E-state index in [0.717, 1.165) is 29.4 Å². The average Bonchev–Trinajstić information content (AvgIpc) is 2.39. The molecule has 3 nitrogen and oxygen atoms in total. The summed E-state index contributed by atoms with van der Waals surface area (Å²) in [5, 5.41) is 3.22. The van der Waals surface area contributed by atoms with Crippen molar-refractivity contribution in [1.29, 1.82) is 0 Å². The molecule has 0 aliphatic heterocycles. The first-order valence-corrected chi connectivity index (χ1v) is 6.10. The van der Waals surface area contributed by atoms with E-state index in [-0.39, 0.29) is 0 Å². The summed E-state index contributed by atoms with van der Waals surface area (Å²) in [6.07, 6.45) is 0. The summed E-state index contributed by atoms with van der Waals surface area (Å²) >= 11 is 0. The van der Waals surface area contributed by atoms with Crippen molar-refractivity contribution in [3.63, 3.8) is 0 Å². The summed E-state index contributed by atoms with van der Waals surface area (Å²) in [6.45, 7) is 4.99. The molecule has 1 N–H and O–H groups in total. The number of hydrogen-bond donors (Lipinski definition) is 1. The molecule has 0 amide bonds. The van der Waals surface area contributed by atoms with Gasteiger partial charge < -0.3 is 10.1 Å². The van der Waals surface area contributed by atoms with Crippen molar-refractivity contribution < 1.29 is 4.74 Å². The van der Waals surface area contributed by atoms with Crippen LogP contribution >= 0.6 is 0 Å². The van der Waals surface area contributed by atoms with Crippen LogP contribution in [-0.2, 0) is 0 Å². The van der Waals surface area contributed by atoms with Crippen LogP contribution in [0.5, 0.6) is 5.75 Å². The Bertz CT molecular complexity index is 538. The lowest BCUT2D eigenvalue weighted by Crippen LogP contribution is -2.00. The van der Waals surface area contributed by atoms with E-state index in [1.807, 2.05) is 30.3 Å². The topological polar surface area (TPSA) is 34.1 Å². The molecular weight excluding hydrogens is 224 g/mol. The predicted octanol–water partition coefficient (Wildman–Crippen LogP) is 3.50. The second-order valence-corrected chi connectivity index (χ2v) is 4.14. The zero-order valence-electron chi connectivity index (χ0n) is 11.0. The van der Waals surface area contributed by atoms with Gasteiger partial charge in [0.25, 0.3) is 0 Å². The number of nitrogens with one attached hydrogen (secondary N) is 1. The Morgan fingerprint density at radius 3 is 2.78 bits per heavy atom. The van der Waals surface area contributed by atoms with Crippen molar-refractivity contribution in [2.45, 2.75) is 13.8 Å². The van der Waals surface area contributed by atoms with Crippen molar-refractivity contribution in [3.05, 3.63) is 42.0 Å². The third kappa shape index (κ3) is 2.62. The van der Waals surface area contributed by atoms with E-state index in [4.69, 9.17) is 4.74 Å². The SMILES string of the molecule is CCNc1cccc(-c2cc(C)ccc2OC)n1. The van der Waals surface area contributed by atoms with Crippen LogP contribution in [0.3, 0.4) is 0 Å². The van der Waals surface area contributed by atoms with Gasteiger partial charge in [-0.05, 0) is 38.1 Å². The Morgan fingerprint density at radius 1 is 1.22 bits per heavy atom. The highest BCUT2D eigenvalue weighted by Crippen LogP contribution is 2.30. The van der Waals surface area contributed by atoms with E-state index in [1.54, 1.807) is 7.11 Å². The Balaban J connectivity index is 2.47. The van der Waals surface area contributed by atoms with Crippen molar-refractivity contribution in [2.75, 3.05) is 19.0 Å². The van der Waals surface area contributed by atoms with Gasteiger partial charge in [0.1, 0.15) is 11.6 Å². The largest absolute Gasteiger partial charge is 0.496 e. The zero-order valence-corrected chi connectivity index (χ0v) is 11.0. The molecule has 0 fully saturated rings. The summed E-state index contributed by atoms with van der Waals surface area (Å²) in [4.78, 5) is 4.59. The van der Waals surface area contributed by atoms with E-state index in [9.17, 15) is 0 Å². The normalized spacial score (nSPS) is 10.2. The minimum atomic E-state index is 0.849. The first kappa shape index (κ1) is 12.4. The molecule has 0 bridgehead atoms. The Labute approximate surface area is 108 Å². The number of anilines is 1. The quantitative estimate of drug-likeness (QED) is 0.891. The molecule has 94 valence electrons. The fraction of sp³-hybridized carbons (Fsp3) is 0.267. The van der Waals surface area contributed by atoms with Gasteiger partial charge in [-0.15, -0.1) is 0 Å². The molecule has 18 heavy (non-hydrogen) atoms. The second kappa shape index (κ2) is 5.54. The number of hydrogen-bond acceptors (Lipinski definition) is 3. The lowest BCUT2D eigenvalue weighted by molar-refractivity contribution is 0.416. The van der Waals surface area contributed by atoms with Crippen LogP contribution in [0.25, 0.3) is 11.3 Å². The summed E-state index contributed by atoms with van der Waals surface area (Å²) in [5.41, 5.74) is 3.15. The predicted molar refractivity (Wildman–Crippen MR) is 75.1 cm³/mol. The van der Waals surface area contributed by atoms with Crippen LogP contribution < -0.4 is 10.1 Å². The van der Waals surface area contributed by atoms with Crippen molar-refractivity contribution in [3.8, 4) is 17.0 Å². The maximum Gasteiger partial charge on any atom is 0.128 e. The molecule has 0 radical (unpaired) electrons. The first-order valence-electron chi connectivity index (χ1n) is 6.10. The number of aromatic nitrogens is 1. The molecule has 0 atom stereocenters. The van der Waals surface area contributed by atoms with Gasteiger partial charge in [0.15, 0.2) is 0 Å². The zero-order chi connectivity index (χ0) is 13.0. The number of aryl methyl sites for hydroxylation is 1. The summed E-state index contributed by atoms with van der Waals surface area (Å²) in [5.74, 6) is 1.74. The standard InChI is InChI=1S/C15H18N2O/c1-4-16-15-7-5-6-13(17-15)12-10-11(2)8-9-14(12)18-3/h5-10H,4H2,1-3H3,(H,16,17). The molecule has 2 aromatic rings. The van der Waals surface area contributed by atoms with E-state index in [2.05, 4.69) is 30.2 Å². The third-order valence-corrected chi connectivity index (χ3v) is 2.74. The van der Waals surface area contributed by atoms with Crippen molar-refractivity contribution >= 4 is 5.82 Å². The molecule has 0 aliphatic rings. The van der Waals surface area contributed by atoms with Gasteiger partial charge in [-0.2, -0.15) is 0 Å². The van der Waals surface area contributed by atoms with E-state index >= 15 is 0 Å². The number of rotatable bonds is 4. The monoisotopic (exact) mass is 242 g/mol. The number of methoxy groups -OCH3 is 1. The maximum atomic E-state index is 5.39. The van der Waals surface area contributed by atoms with Crippen LogP contribution in [0.4, 0.5) is 5.82 Å². The van der Waals surface area contributed by atoms with E-state index in [0.29, 0.717) is 0 Å². The van der Waals surface area contributed by atoms with E-state index < -0.39 is 0 Å². The second-order valence-electron chi connectivity index (χ2n) is 4.14. The van der Waals surface area contributed by atoms with Crippen LogP contribution in [0.2, 0.25) is 0 Å². The Hall–Kier alpha value is -2.03. The molecule has 1 aromatic carbocycles. The fourth-order valence-electron chi connectivity index (χ4n) is 1.89. The molecule has 3 heteroatoms. The van der Waals surface area contributed by atoms with E-state index in [1.165, 1.54) is 5.56 Å². The molecule has 0 saturated heterocycles. The molecule has 0 saturated carbocycles. The lowest BCUT2D eigenvalue weighted by Gasteiger charge is -2.10. The molecule has 0 spiro atoms. The smallest absolute Gasteiger partial charge is 0.128 e. The molecule has 0 unspecified atom stereocenters. The molecular formula is C15H18N2O. The Morgan fingerprint density at radius 2 is 2.06 bits per heavy atom. The summed E-state index contributed by atoms with van der Waals surface area (Å²) < 4.78 is 5.39. The van der Waals surface area contributed by atoms with Crippen LogP contribution in [0.15, 0.2) is 36.4 Å². The van der Waals surface area contributed by atoms with Crippen molar-refractivity contribution in [2.24, 2.45) is 0 Å². The first-order chi connectivity index (χ1) is 8.74. The minimum absolute atomic E-state index is 0.849. The van der Waals surface area contributed by atoms with Gasteiger partial charge in [-0.1, -0.05) is 17.7 Å². The van der Waals surface area contributed by atoms with Crippen molar-refractivity contribution in [1.82, 2.24) is 4.98 Å². The highest BCUT2D eigenvalue weighted by atomic mass is 16.5. The molecule has 1 heterocycles. The number of benzene rings is 1. The van der Waals surface area contributed by atoms with Crippen LogP contribution in [0, 0.1) is 6.92 Å².